The van der Waals surface area contributed by atoms with Gasteiger partial charge in [-0.15, -0.1) is 11.8 Å². The topological polar surface area (TPSA) is 12.0 Å². The highest BCUT2D eigenvalue weighted by molar-refractivity contribution is 8.00. The van der Waals surface area contributed by atoms with E-state index < -0.39 is 0 Å². The van der Waals surface area contributed by atoms with Gasteiger partial charge in [-0.25, -0.2) is 0 Å². The minimum absolute atomic E-state index is 0.849. The van der Waals surface area contributed by atoms with Crippen LogP contribution in [0.15, 0.2) is 29.2 Å². The third-order valence-electron chi connectivity index (χ3n) is 4.23. The zero-order valence-electron chi connectivity index (χ0n) is 11.0. The van der Waals surface area contributed by atoms with Crippen LogP contribution in [0.3, 0.4) is 0 Å². The van der Waals surface area contributed by atoms with E-state index in [1.54, 1.807) is 10.5 Å². The molecule has 1 aromatic carbocycles. The summed E-state index contributed by atoms with van der Waals surface area (Å²) in [6.45, 7) is 2.43. The molecular formula is C16H23NS. The molecule has 2 aliphatic rings. The fourth-order valence-electron chi connectivity index (χ4n) is 2.86. The number of nitrogens with one attached hydrogen (secondary N) is 1. The van der Waals surface area contributed by atoms with Crippen LogP contribution in [-0.4, -0.2) is 18.3 Å². The zero-order valence-corrected chi connectivity index (χ0v) is 11.8. The third-order valence-corrected chi connectivity index (χ3v) is 5.68. The highest BCUT2D eigenvalue weighted by Gasteiger charge is 2.21. The number of hydrogen-bond acceptors (Lipinski definition) is 2. The van der Waals surface area contributed by atoms with E-state index in [4.69, 9.17) is 0 Å². The molecule has 1 nitrogen and oxygen atoms in total. The van der Waals surface area contributed by atoms with Crippen molar-refractivity contribution in [1.29, 1.82) is 0 Å². The Bertz CT molecular complexity index is 380. The number of benzene rings is 1. The van der Waals surface area contributed by atoms with Gasteiger partial charge in [0, 0.05) is 10.1 Å². The molecule has 1 aromatic rings. The van der Waals surface area contributed by atoms with Gasteiger partial charge in [-0.1, -0.05) is 24.6 Å². The highest BCUT2D eigenvalue weighted by atomic mass is 32.2. The van der Waals surface area contributed by atoms with E-state index in [-0.39, 0.29) is 0 Å². The maximum absolute atomic E-state index is 3.53. The maximum Gasteiger partial charge on any atom is 0.0107 e. The molecule has 1 saturated heterocycles. The lowest BCUT2D eigenvalue weighted by Crippen LogP contribution is -2.31. The zero-order chi connectivity index (χ0) is 12.2. The fraction of sp³-hybridized carbons (Fsp3) is 0.625. The SMILES string of the molecule is c1ccc(SC2CCC2)c(CC2CCCNC2)c1. The van der Waals surface area contributed by atoms with Crippen LogP contribution < -0.4 is 5.32 Å². The standard InChI is InChI=1S/C16H23NS/c1-2-9-16(18-15-7-3-8-15)14(6-1)11-13-5-4-10-17-12-13/h1-2,6,9,13,15,17H,3-5,7-8,10-12H2. The maximum atomic E-state index is 3.53. The van der Waals surface area contributed by atoms with Crippen molar-refractivity contribution in [2.45, 2.75) is 48.7 Å². The van der Waals surface area contributed by atoms with Gasteiger partial charge < -0.3 is 5.32 Å². The van der Waals surface area contributed by atoms with E-state index in [2.05, 4.69) is 41.3 Å². The first-order chi connectivity index (χ1) is 8.92. The molecule has 1 unspecified atom stereocenters. The molecule has 2 heteroatoms. The first kappa shape index (κ1) is 12.6. The van der Waals surface area contributed by atoms with E-state index in [1.807, 2.05) is 0 Å². The van der Waals surface area contributed by atoms with Gasteiger partial charge in [-0.05, 0) is 62.7 Å². The quantitative estimate of drug-likeness (QED) is 0.883. The van der Waals surface area contributed by atoms with Gasteiger partial charge in [0.1, 0.15) is 0 Å². The molecule has 0 amide bonds. The molecule has 1 heterocycles. The molecule has 0 aromatic heterocycles. The Labute approximate surface area is 115 Å². The molecule has 18 heavy (non-hydrogen) atoms. The molecular weight excluding hydrogens is 238 g/mol. The Morgan fingerprint density at radius 2 is 2.00 bits per heavy atom. The van der Waals surface area contributed by atoms with E-state index in [9.17, 15) is 0 Å². The summed E-state index contributed by atoms with van der Waals surface area (Å²) in [7, 11) is 0. The molecule has 1 saturated carbocycles. The summed E-state index contributed by atoms with van der Waals surface area (Å²) in [5, 5.41) is 4.43. The summed E-state index contributed by atoms with van der Waals surface area (Å²) in [5.74, 6) is 0.849. The van der Waals surface area contributed by atoms with Crippen molar-refractivity contribution < 1.29 is 0 Å². The van der Waals surface area contributed by atoms with Crippen LogP contribution in [0.25, 0.3) is 0 Å². The predicted molar refractivity (Wildman–Crippen MR) is 79.2 cm³/mol. The molecule has 3 rings (SSSR count). The van der Waals surface area contributed by atoms with Crippen molar-refractivity contribution in [1.82, 2.24) is 5.32 Å². The monoisotopic (exact) mass is 261 g/mol. The largest absolute Gasteiger partial charge is 0.316 e. The molecule has 2 fully saturated rings. The molecule has 1 atom stereocenters. The summed E-state index contributed by atoms with van der Waals surface area (Å²) in [5.41, 5.74) is 1.59. The second kappa shape index (κ2) is 6.12. The van der Waals surface area contributed by atoms with E-state index in [0.29, 0.717) is 0 Å². The van der Waals surface area contributed by atoms with Crippen molar-refractivity contribution >= 4 is 11.8 Å². The summed E-state index contributed by atoms with van der Waals surface area (Å²) in [6.07, 6.45) is 8.29. The molecule has 1 aliphatic heterocycles. The van der Waals surface area contributed by atoms with Gasteiger partial charge in [0.05, 0.1) is 0 Å². The van der Waals surface area contributed by atoms with Gasteiger partial charge in [0.15, 0.2) is 0 Å². The Balaban J connectivity index is 1.65. The average molecular weight is 261 g/mol. The molecule has 98 valence electrons. The number of rotatable bonds is 4. The lowest BCUT2D eigenvalue weighted by Gasteiger charge is -2.27. The number of hydrogen-bond donors (Lipinski definition) is 1. The third kappa shape index (κ3) is 3.10. The number of piperidine rings is 1. The molecule has 0 bridgehead atoms. The van der Waals surface area contributed by atoms with Crippen molar-refractivity contribution in [2.75, 3.05) is 13.1 Å². The van der Waals surface area contributed by atoms with Crippen LogP contribution in [0.1, 0.15) is 37.7 Å². The Morgan fingerprint density at radius 1 is 1.11 bits per heavy atom. The highest BCUT2D eigenvalue weighted by Crippen LogP contribution is 2.38. The van der Waals surface area contributed by atoms with Crippen LogP contribution in [0.2, 0.25) is 0 Å². The summed E-state index contributed by atoms with van der Waals surface area (Å²) < 4.78 is 0. The van der Waals surface area contributed by atoms with E-state index in [1.165, 1.54) is 51.6 Å². The smallest absolute Gasteiger partial charge is 0.0107 e. The fourth-order valence-corrected chi connectivity index (χ4v) is 4.25. The van der Waals surface area contributed by atoms with Crippen LogP contribution >= 0.6 is 11.8 Å². The van der Waals surface area contributed by atoms with Crippen LogP contribution in [0, 0.1) is 5.92 Å². The van der Waals surface area contributed by atoms with Gasteiger partial charge in [0.25, 0.3) is 0 Å². The van der Waals surface area contributed by atoms with Crippen molar-refractivity contribution in [2.24, 2.45) is 5.92 Å². The Hall–Kier alpha value is -0.470. The minimum Gasteiger partial charge on any atom is -0.316 e. The van der Waals surface area contributed by atoms with E-state index >= 15 is 0 Å². The summed E-state index contributed by atoms with van der Waals surface area (Å²) in [4.78, 5) is 1.55. The lowest BCUT2D eigenvalue weighted by atomic mass is 9.92. The van der Waals surface area contributed by atoms with Gasteiger partial charge in [0.2, 0.25) is 0 Å². The van der Waals surface area contributed by atoms with Crippen LogP contribution in [0.5, 0.6) is 0 Å². The van der Waals surface area contributed by atoms with Gasteiger partial charge >= 0.3 is 0 Å². The first-order valence-corrected chi connectivity index (χ1v) is 8.25. The molecule has 1 N–H and O–H groups in total. The number of thioether (sulfide) groups is 1. The second-order valence-corrected chi connectivity index (χ2v) is 7.04. The minimum atomic E-state index is 0.849. The lowest BCUT2D eigenvalue weighted by molar-refractivity contribution is 0.374. The molecule has 1 aliphatic carbocycles. The predicted octanol–water partition coefficient (Wildman–Crippen LogP) is 3.87. The average Bonchev–Trinajstić information content (AvgIpc) is 2.37. The van der Waals surface area contributed by atoms with Gasteiger partial charge in [-0.2, -0.15) is 0 Å². The normalized spacial score (nSPS) is 24.8. The van der Waals surface area contributed by atoms with E-state index in [0.717, 1.165) is 11.2 Å². The Morgan fingerprint density at radius 3 is 2.72 bits per heavy atom. The first-order valence-electron chi connectivity index (χ1n) is 7.37. The van der Waals surface area contributed by atoms with Crippen molar-refractivity contribution in [3.05, 3.63) is 29.8 Å². The van der Waals surface area contributed by atoms with Crippen molar-refractivity contribution in [3.8, 4) is 0 Å². The van der Waals surface area contributed by atoms with Gasteiger partial charge in [-0.3, -0.25) is 0 Å². The van der Waals surface area contributed by atoms with Crippen molar-refractivity contribution in [3.63, 3.8) is 0 Å². The summed E-state index contributed by atoms with van der Waals surface area (Å²) >= 11 is 2.13. The molecule has 0 spiro atoms. The van der Waals surface area contributed by atoms with Crippen LogP contribution in [-0.2, 0) is 6.42 Å². The Kier molecular flexibility index (Phi) is 4.27. The second-order valence-electron chi connectivity index (χ2n) is 5.69. The summed E-state index contributed by atoms with van der Waals surface area (Å²) in [6, 6.07) is 9.07. The molecule has 0 radical (unpaired) electrons. The van der Waals surface area contributed by atoms with Crippen LogP contribution in [0.4, 0.5) is 0 Å².